The Kier molecular flexibility index (Phi) is 10.2. The van der Waals surface area contributed by atoms with Crippen LogP contribution in [0.5, 0.6) is 0 Å². The molecule has 0 radical (unpaired) electrons. The summed E-state index contributed by atoms with van der Waals surface area (Å²) < 4.78 is 0. The van der Waals surface area contributed by atoms with Gasteiger partial charge in [0, 0.05) is 35.5 Å². The number of hydrogen-bond donors (Lipinski definition) is 1. The second-order valence-corrected chi connectivity index (χ2v) is 9.61. The van der Waals surface area contributed by atoms with Gasteiger partial charge in [0.25, 0.3) is 0 Å². The molecule has 0 aliphatic carbocycles. The molecule has 6 heteroatoms. The Balaban J connectivity index is 1.91. The number of carbonyl (C=O) groups is 2. The first-order valence-electron chi connectivity index (χ1n) is 12.0. The van der Waals surface area contributed by atoms with Crippen molar-refractivity contribution in [2.75, 3.05) is 0 Å². The van der Waals surface area contributed by atoms with Crippen molar-refractivity contribution in [3.63, 3.8) is 0 Å². The van der Waals surface area contributed by atoms with Crippen LogP contribution in [0.15, 0.2) is 78.9 Å². The number of benzene rings is 3. The van der Waals surface area contributed by atoms with Crippen LogP contribution in [-0.2, 0) is 29.0 Å². The molecule has 3 rings (SSSR count). The topological polar surface area (TPSA) is 49.4 Å². The van der Waals surface area contributed by atoms with Gasteiger partial charge in [0.2, 0.25) is 11.8 Å². The fraction of sp³-hybridized carbons (Fsp3) is 0.310. The van der Waals surface area contributed by atoms with E-state index in [1.54, 1.807) is 17.0 Å². The van der Waals surface area contributed by atoms with Crippen LogP contribution >= 0.6 is 23.2 Å². The van der Waals surface area contributed by atoms with Crippen LogP contribution in [0.2, 0.25) is 10.0 Å². The zero-order valence-electron chi connectivity index (χ0n) is 20.2. The maximum Gasteiger partial charge on any atom is 0.243 e. The minimum absolute atomic E-state index is 0.0105. The van der Waals surface area contributed by atoms with Gasteiger partial charge in [-0.2, -0.15) is 0 Å². The Bertz CT molecular complexity index is 1100. The standard InChI is InChI=1S/C29H32Cl2N2O2/c1-3-21(2)32-29(35)27(19-22-9-5-4-6-10-22)33(20-23-13-16-25(30)17-14-23)28(34)18-15-24-11-7-8-12-26(24)31/h4-14,16-17,21,27H,3,15,18-20H2,1-2H3,(H,32,35)/t21-,27-/m1/s1. The number of nitrogens with zero attached hydrogens (tertiary/aromatic N) is 1. The van der Waals surface area contributed by atoms with Crippen LogP contribution in [-0.4, -0.2) is 28.8 Å². The molecule has 0 aromatic heterocycles. The lowest BCUT2D eigenvalue weighted by atomic mass is 10.0. The van der Waals surface area contributed by atoms with Crippen LogP contribution in [0.1, 0.15) is 43.4 Å². The summed E-state index contributed by atoms with van der Waals surface area (Å²) in [4.78, 5) is 28.9. The van der Waals surface area contributed by atoms with E-state index in [1.807, 2.05) is 80.6 Å². The van der Waals surface area contributed by atoms with Gasteiger partial charge in [0.05, 0.1) is 0 Å². The van der Waals surface area contributed by atoms with Gasteiger partial charge in [0.15, 0.2) is 0 Å². The maximum absolute atomic E-state index is 13.7. The highest BCUT2D eigenvalue weighted by Gasteiger charge is 2.30. The molecule has 0 aliphatic rings. The Morgan fingerprint density at radius 1 is 0.886 bits per heavy atom. The molecule has 184 valence electrons. The minimum atomic E-state index is -0.652. The number of carbonyl (C=O) groups excluding carboxylic acids is 2. The Labute approximate surface area is 218 Å². The SMILES string of the molecule is CC[C@@H](C)NC(=O)[C@@H](Cc1ccccc1)N(Cc1ccc(Cl)cc1)C(=O)CCc1ccccc1Cl. The summed E-state index contributed by atoms with van der Waals surface area (Å²) in [6.45, 7) is 4.31. The fourth-order valence-electron chi connectivity index (χ4n) is 3.87. The molecule has 3 aromatic rings. The molecule has 0 heterocycles. The van der Waals surface area contributed by atoms with Crippen molar-refractivity contribution in [2.45, 2.75) is 58.2 Å². The van der Waals surface area contributed by atoms with E-state index in [-0.39, 0.29) is 24.3 Å². The molecule has 3 aromatic carbocycles. The molecule has 0 spiro atoms. The highest BCUT2D eigenvalue weighted by atomic mass is 35.5. The predicted molar refractivity (Wildman–Crippen MR) is 144 cm³/mol. The number of halogens is 2. The van der Waals surface area contributed by atoms with E-state index in [1.165, 1.54) is 0 Å². The van der Waals surface area contributed by atoms with Crippen LogP contribution in [0.3, 0.4) is 0 Å². The Hall–Kier alpha value is -2.82. The van der Waals surface area contributed by atoms with Crippen LogP contribution in [0.25, 0.3) is 0 Å². The summed E-state index contributed by atoms with van der Waals surface area (Å²) in [6, 6.07) is 24.1. The third-order valence-corrected chi connectivity index (χ3v) is 6.73. The van der Waals surface area contributed by atoms with Gasteiger partial charge in [-0.05, 0) is 54.7 Å². The first kappa shape index (κ1) is 26.8. The van der Waals surface area contributed by atoms with Crippen molar-refractivity contribution in [3.05, 3.63) is 106 Å². The van der Waals surface area contributed by atoms with E-state index in [0.717, 1.165) is 23.1 Å². The summed E-state index contributed by atoms with van der Waals surface area (Å²) in [7, 11) is 0. The van der Waals surface area contributed by atoms with Gasteiger partial charge in [-0.3, -0.25) is 9.59 Å². The number of aryl methyl sites for hydroxylation is 1. The molecule has 0 aliphatic heterocycles. The summed E-state index contributed by atoms with van der Waals surface area (Å²) >= 11 is 12.4. The minimum Gasteiger partial charge on any atom is -0.352 e. The molecule has 0 fully saturated rings. The predicted octanol–water partition coefficient (Wildman–Crippen LogP) is 6.48. The van der Waals surface area contributed by atoms with Crippen LogP contribution in [0.4, 0.5) is 0 Å². The average molecular weight is 511 g/mol. The lowest BCUT2D eigenvalue weighted by Crippen LogP contribution is -2.52. The van der Waals surface area contributed by atoms with Gasteiger partial charge < -0.3 is 10.2 Å². The maximum atomic E-state index is 13.7. The number of nitrogens with one attached hydrogen (secondary N) is 1. The average Bonchev–Trinajstić information content (AvgIpc) is 2.87. The summed E-state index contributed by atoms with van der Waals surface area (Å²) in [5, 5.41) is 4.35. The van der Waals surface area contributed by atoms with E-state index in [2.05, 4.69) is 5.32 Å². The third kappa shape index (κ3) is 8.12. The molecule has 1 N–H and O–H groups in total. The lowest BCUT2D eigenvalue weighted by molar-refractivity contribution is -0.141. The molecule has 0 saturated heterocycles. The molecular weight excluding hydrogens is 479 g/mol. The molecule has 2 atom stereocenters. The largest absolute Gasteiger partial charge is 0.352 e. The van der Waals surface area contributed by atoms with Crippen molar-refractivity contribution in [1.29, 1.82) is 0 Å². The smallest absolute Gasteiger partial charge is 0.243 e. The summed E-state index contributed by atoms with van der Waals surface area (Å²) in [6.07, 6.45) is 1.98. The first-order chi connectivity index (χ1) is 16.9. The summed E-state index contributed by atoms with van der Waals surface area (Å²) in [5.41, 5.74) is 2.82. The Morgan fingerprint density at radius 2 is 1.54 bits per heavy atom. The van der Waals surface area contributed by atoms with E-state index in [4.69, 9.17) is 23.2 Å². The van der Waals surface area contributed by atoms with Crippen molar-refractivity contribution in [1.82, 2.24) is 10.2 Å². The van der Waals surface area contributed by atoms with Gasteiger partial charge in [-0.1, -0.05) is 90.8 Å². The zero-order chi connectivity index (χ0) is 25.2. The van der Waals surface area contributed by atoms with Crippen LogP contribution < -0.4 is 5.32 Å². The normalized spacial score (nSPS) is 12.6. The number of rotatable bonds is 11. The first-order valence-corrected chi connectivity index (χ1v) is 12.7. The molecular formula is C29H32Cl2N2O2. The molecule has 0 bridgehead atoms. The second kappa shape index (κ2) is 13.3. The highest BCUT2D eigenvalue weighted by molar-refractivity contribution is 6.31. The van der Waals surface area contributed by atoms with Gasteiger partial charge in [0.1, 0.15) is 6.04 Å². The highest BCUT2D eigenvalue weighted by Crippen LogP contribution is 2.21. The second-order valence-electron chi connectivity index (χ2n) is 8.76. The van der Waals surface area contributed by atoms with Gasteiger partial charge >= 0.3 is 0 Å². The van der Waals surface area contributed by atoms with Crippen molar-refractivity contribution < 1.29 is 9.59 Å². The fourth-order valence-corrected chi connectivity index (χ4v) is 4.22. The monoisotopic (exact) mass is 510 g/mol. The van der Waals surface area contributed by atoms with E-state index in [0.29, 0.717) is 29.4 Å². The lowest BCUT2D eigenvalue weighted by Gasteiger charge is -2.32. The molecule has 0 unspecified atom stereocenters. The van der Waals surface area contributed by atoms with Crippen molar-refractivity contribution >= 4 is 35.0 Å². The van der Waals surface area contributed by atoms with Crippen LogP contribution in [0, 0.1) is 0 Å². The molecule has 35 heavy (non-hydrogen) atoms. The zero-order valence-corrected chi connectivity index (χ0v) is 21.7. The van der Waals surface area contributed by atoms with Gasteiger partial charge in [-0.25, -0.2) is 0 Å². The van der Waals surface area contributed by atoms with Crippen molar-refractivity contribution in [3.8, 4) is 0 Å². The molecule has 4 nitrogen and oxygen atoms in total. The number of amides is 2. The van der Waals surface area contributed by atoms with E-state index < -0.39 is 6.04 Å². The van der Waals surface area contributed by atoms with E-state index in [9.17, 15) is 9.59 Å². The Morgan fingerprint density at radius 3 is 2.20 bits per heavy atom. The van der Waals surface area contributed by atoms with Crippen molar-refractivity contribution in [2.24, 2.45) is 0 Å². The molecule has 0 saturated carbocycles. The summed E-state index contributed by atoms with van der Waals surface area (Å²) in [5.74, 6) is -0.247. The third-order valence-electron chi connectivity index (χ3n) is 6.10. The van der Waals surface area contributed by atoms with E-state index >= 15 is 0 Å². The molecule has 2 amide bonds. The number of hydrogen-bond acceptors (Lipinski definition) is 2. The van der Waals surface area contributed by atoms with Gasteiger partial charge in [-0.15, -0.1) is 0 Å². The quantitative estimate of drug-likeness (QED) is 0.320.